The summed E-state index contributed by atoms with van der Waals surface area (Å²) in [6, 6.07) is 9.60. The Morgan fingerprint density at radius 1 is 1.32 bits per heavy atom. The predicted octanol–water partition coefficient (Wildman–Crippen LogP) is 4.22. The van der Waals surface area contributed by atoms with Crippen molar-refractivity contribution in [3.8, 4) is 0 Å². The van der Waals surface area contributed by atoms with Crippen molar-refractivity contribution < 1.29 is 9.59 Å². The van der Waals surface area contributed by atoms with Gasteiger partial charge < -0.3 is 5.32 Å². The molecular weight excluding hydrogens is 392 g/mol. The molecule has 2 aliphatic rings. The van der Waals surface area contributed by atoms with Gasteiger partial charge in [0.1, 0.15) is 0 Å². The van der Waals surface area contributed by atoms with E-state index in [1.54, 1.807) is 17.8 Å². The molecule has 0 bridgehead atoms. The smallest absolute Gasteiger partial charge is 0.330 e. The van der Waals surface area contributed by atoms with Gasteiger partial charge in [-0.1, -0.05) is 30.3 Å². The summed E-state index contributed by atoms with van der Waals surface area (Å²) < 4.78 is 0. The number of aliphatic imine (C=N–C) groups is 1. The monoisotopic (exact) mass is 412 g/mol. The number of thioether (sulfide) groups is 1. The third-order valence-electron chi connectivity index (χ3n) is 4.49. The highest BCUT2D eigenvalue weighted by Crippen LogP contribution is 2.36. The Bertz CT molecular complexity index is 948. The largest absolute Gasteiger partial charge is 0.335 e. The number of rotatable bonds is 4. The first-order chi connectivity index (χ1) is 13.4. The Labute approximate surface area is 171 Å². The second kappa shape index (κ2) is 7.52. The van der Waals surface area contributed by atoms with Crippen LogP contribution >= 0.6 is 23.1 Å². The molecule has 1 saturated heterocycles. The maximum atomic E-state index is 13.0. The number of carbonyl (C=O) groups excluding carboxylic acids is 2. The molecule has 0 spiro atoms. The van der Waals surface area contributed by atoms with Crippen LogP contribution in [0.2, 0.25) is 0 Å². The van der Waals surface area contributed by atoms with Gasteiger partial charge in [0.15, 0.2) is 5.17 Å². The van der Waals surface area contributed by atoms with E-state index in [-0.39, 0.29) is 11.9 Å². The van der Waals surface area contributed by atoms with E-state index in [0.29, 0.717) is 10.1 Å². The van der Waals surface area contributed by atoms with Crippen LogP contribution in [0.25, 0.3) is 6.08 Å². The Hall–Kier alpha value is -2.45. The minimum Gasteiger partial charge on any atom is -0.335 e. The Kier molecular flexibility index (Phi) is 5.07. The van der Waals surface area contributed by atoms with Crippen LogP contribution < -0.4 is 5.32 Å². The molecule has 0 radical (unpaired) electrons. The first-order valence-electron chi connectivity index (χ1n) is 9.02. The molecule has 1 N–H and O–H groups in total. The molecule has 6 nitrogen and oxygen atoms in total. The summed E-state index contributed by atoms with van der Waals surface area (Å²) in [6.45, 7) is 3.95. The standard InChI is InChI=1S/C20H20N4O2S2/c1-20(2,13-6-4-3-5-7-13)23-19-24(18(26)22-14-8-9-14)17(25)16(28-19)10-15-11-21-12-27-15/h3-7,10-12,14H,8-9H2,1-2H3,(H,22,26). The maximum absolute atomic E-state index is 13.0. The number of benzene rings is 1. The Balaban J connectivity index is 1.69. The van der Waals surface area contributed by atoms with Crippen LogP contribution in [0, 0.1) is 0 Å². The number of amidine groups is 1. The molecule has 1 aromatic carbocycles. The van der Waals surface area contributed by atoms with E-state index in [1.165, 1.54) is 28.0 Å². The fraction of sp³-hybridized carbons (Fsp3) is 0.300. The highest BCUT2D eigenvalue weighted by molar-refractivity contribution is 8.18. The van der Waals surface area contributed by atoms with E-state index in [4.69, 9.17) is 4.99 Å². The first kappa shape index (κ1) is 18.9. The van der Waals surface area contributed by atoms with Crippen molar-refractivity contribution in [2.75, 3.05) is 0 Å². The molecule has 2 aromatic rings. The molecule has 2 fully saturated rings. The maximum Gasteiger partial charge on any atom is 0.330 e. The van der Waals surface area contributed by atoms with Gasteiger partial charge in [0.05, 0.1) is 16.0 Å². The summed E-state index contributed by atoms with van der Waals surface area (Å²) in [6.07, 6.45) is 5.36. The zero-order chi connectivity index (χ0) is 19.7. The van der Waals surface area contributed by atoms with Gasteiger partial charge in [0, 0.05) is 17.1 Å². The van der Waals surface area contributed by atoms with Crippen LogP contribution in [0.3, 0.4) is 0 Å². The van der Waals surface area contributed by atoms with Gasteiger partial charge in [-0.25, -0.2) is 9.69 Å². The SMILES string of the molecule is CC(C)(N=C1SC(=Cc2cncs2)C(=O)N1C(=O)NC1CC1)c1ccccc1. The lowest BCUT2D eigenvalue weighted by Gasteiger charge is -2.23. The second-order valence-electron chi connectivity index (χ2n) is 7.20. The van der Waals surface area contributed by atoms with E-state index in [0.717, 1.165) is 23.3 Å². The highest BCUT2D eigenvalue weighted by Gasteiger charge is 2.41. The summed E-state index contributed by atoms with van der Waals surface area (Å²) in [5.41, 5.74) is 2.14. The number of urea groups is 1. The third kappa shape index (κ3) is 4.02. The van der Waals surface area contributed by atoms with Gasteiger partial charge in [0.25, 0.3) is 5.91 Å². The number of hydrogen-bond acceptors (Lipinski definition) is 6. The normalized spacial score (nSPS) is 20.2. The van der Waals surface area contributed by atoms with E-state index in [1.807, 2.05) is 44.2 Å². The number of amides is 3. The van der Waals surface area contributed by atoms with E-state index in [2.05, 4.69) is 10.3 Å². The summed E-state index contributed by atoms with van der Waals surface area (Å²) >= 11 is 2.67. The molecular formula is C20H20N4O2S2. The van der Waals surface area contributed by atoms with Crippen molar-refractivity contribution in [3.63, 3.8) is 0 Å². The quantitative estimate of drug-likeness (QED) is 0.763. The van der Waals surface area contributed by atoms with Gasteiger partial charge in [-0.15, -0.1) is 11.3 Å². The average Bonchev–Trinajstić information content (AvgIpc) is 3.22. The molecule has 28 heavy (non-hydrogen) atoms. The highest BCUT2D eigenvalue weighted by atomic mass is 32.2. The number of hydrogen-bond donors (Lipinski definition) is 1. The van der Waals surface area contributed by atoms with Crippen LogP contribution in [0.5, 0.6) is 0 Å². The zero-order valence-electron chi connectivity index (χ0n) is 15.6. The van der Waals surface area contributed by atoms with Crippen molar-refractivity contribution >= 4 is 46.3 Å². The Morgan fingerprint density at radius 3 is 2.71 bits per heavy atom. The number of carbonyl (C=O) groups is 2. The van der Waals surface area contributed by atoms with Crippen molar-refractivity contribution in [1.82, 2.24) is 15.2 Å². The molecule has 4 rings (SSSR count). The zero-order valence-corrected chi connectivity index (χ0v) is 17.2. The van der Waals surface area contributed by atoms with Gasteiger partial charge >= 0.3 is 6.03 Å². The molecule has 1 aliphatic carbocycles. The van der Waals surface area contributed by atoms with Crippen molar-refractivity contribution in [2.24, 2.45) is 4.99 Å². The molecule has 2 heterocycles. The van der Waals surface area contributed by atoms with Crippen LogP contribution in [-0.4, -0.2) is 33.0 Å². The van der Waals surface area contributed by atoms with Gasteiger partial charge in [-0.3, -0.25) is 14.8 Å². The molecule has 1 aliphatic heterocycles. The summed E-state index contributed by atoms with van der Waals surface area (Å²) in [7, 11) is 0. The average molecular weight is 413 g/mol. The summed E-state index contributed by atoms with van der Waals surface area (Å²) in [5.74, 6) is -0.348. The topological polar surface area (TPSA) is 74.7 Å². The van der Waals surface area contributed by atoms with Gasteiger partial charge in [0.2, 0.25) is 0 Å². The lowest BCUT2D eigenvalue weighted by molar-refractivity contribution is -0.120. The predicted molar refractivity (Wildman–Crippen MR) is 113 cm³/mol. The fourth-order valence-electron chi connectivity index (χ4n) is 2.77. The van der Waals surface area contributed by atoms with Gasteiger partial charge in [-0.05, 0) is 50.1 Å². The lowest BCUT2D eigenvalue weighted by atomic mass is 9.95. The van der Waals surface area contributed by atoms with Gasteiger partial charge in [-0.2, -0.15) is 0 Å². The minimum absolute atomic E-state index is 0.156. The number of imide groups is 1. The third-order valence-corrected chi connectivity index (χ3v) is 6.19. The molecule has 1 aromatic heterocycles. The molecule has 3 amide bonds. The number of nitrogens with zero attached hydrogens (tertiary/aromatic N) is 3. The van der Waals surface area contributed by atoms with Crippen LogP contribution in [-0.2, 0) is 10.3 Å². The fourth-order valence-corrected chi connectivity index (χ4v) is 4.49. The first-order valence-corrected chi connectivity index (χ1v) is 10.7. The summed E-state index contributed by atoms with van der Waals surface area (Å²) in [5, 5.41) is 3.29. The Morgan fingerprint density at radius 2 is 2.07 bits per heavy atom. The van der Waals surface area contributed by atoms with Crippen molar-refractivity contribution in [3.05, 3.63) is 57.4 Å². The molecule has 1 saturated carbocycles. The van der Waals surface area contributed by atoms with Crippen molar-refractivity contribution in [2.45, 2.75) is 38.3 Å². The number of thiazole rings is 1. The molecule has 8 heteroatoms. The molecule has 144 valence electrons. The minimum atomic E-state index is -0.581. The van der Waals surface area contributed by atoms with E-state index >= 15 is 0 Å². The molecule has 0 unspecified atom stereocenters. The van der Waals surface area contributed by atoms with Crippen molar-refractivity contribution in [1.29, 1.82) is 0 Å². The van der Waals surface area contributed by atoms with Crippen LogP contribution in [0.4, 0.5) is 4.79 Å². The lowest BCUT2D eigenvalue weighted by Crippen LogP contribution is -2.44. The molecule has 0 atom stereocenters. The second-order valence-corrected chi connectivity index (χ2v) is 9.13. The van der Waals surface area contributed by atoms with E-state index in [9.17, 15) is 9.59 Å². The number of nitrogens with one attached hydrogen (secondary N) is 1. The number of aromatic nitrogens is 1. The van der Waals surface area contributed by atoms with Crippen LogP contribution in [0.1, 0.15) is 37.1 Å². The van der Waals surface area contributed by atoms with Crippen LogP contribution in [0.15, 0.2) is 51.9 Å². The van der Waals surface area contributed by atoms with E-state index < -0.39 is 11.6 Å². The summed E-state index contributed by atoms with van der Waals surface area (Å²) in [4.78, 5) is 37.1.